The number of anilines is 1. The van der Waals surface area contributed by atoms with Crippen molar-refractivity contribution in [3.8, 4) is 0 Å². The third kappa shape index (κ3) is 5.07. The lowest BCUT2D eigenvalue weighted by Gasteiger charge is -2.22. The standard InChI is InChI=1S/C9H13N3O.C3H8/c1-4-10-9(11-5-1)12-8-2-6-13-7-3-8;1-3-2/h1,4-5,8H,2-3,6-7H2,(H,10,11,12);3H2,1-2H3. The molecule has 1 aromatic rings. The molecule has 0 aliphatic carbocycles. The van der Waals surface area contributed by atoms with Crippen LogP contribution in [0, 0.1) is 0 Å². The lowest BCUT2D eigenvalue weighted by Crippen LogP contribution is -2.28. The Kier molecular flexibility index (Phi) is 6.49. The topological polar surface area (TPSA) is 47.0 Å². The summed E-state index contributed by atoms with van der Waals surface area (Å²) in [6.45, 7) is 5.93. The average molecular weight is 223 g/mol. The molecule has 1 N–H and O–H groups in total. The van der Waals surface area contributed by atoms with Gasteiger partial charge in [-0.25, -0.2) is 9.97 Å². The molecule has 4 heteroatoms. The maximum absolute atomic E-state index is 5.26. The van der Waals surface area contributed by atoms with E-state index in [1.807, 2.05) is 6.07 Å². The van der Waals surface area contributed by atoms with Crippen molar-refractivity contribution in [3.63, 3.8) is 0 Å². The number of hydrogen-bond acceptors (Lipinski definition) is 4. The van der Waals surface area contributed by atoms with E-state index in [9.17, 15) is 0 Å². The fourth-order valence-corrected chi connectivity index (χ4v) is 1.40. The van der Waals surface area contributed by atoms with Crippen LogP contribution in [0.15, 0.2) is 18.5 Å². The van der Waals surface area contributed by atoms with E-state index in [-0.39, 0.29) is 0 Å². The summed E-state index contributed by atoms with van der Waals surface area (Å²) < 4.78 is 5.26. The van der Waals surface area contributed by atoms with E-state index in [1.165, 1.54) is 6.42 Å². The van der Waals surface area contributed by atoms with E-state index in [0.717, 1.165) is 32.0 Å². The van der Waals surface area contributed by atoms with Crippen LogP contribution in [0.25, 0.3) is 0 Å². The van der Waals surface area contributed by atoms with Gasteiger partial charge in [-0.1, -0.05) is 20.3 Å². The Bertz CT molecular complexity index is 260. The third-order valence-corrected chi connectivity index (χ3v) is 2.12. The van der Waals surface area contributed by atoms with Crippen LogP contribution in [-0.4, -0.2) is 29.2 Å². The first-order chi connectivity index (χ1) is 7.86. The van der Waals surface area contributed by atoms with Crippen molar-refractivity contribution in [3.05, 3.63) is 18.5 Å². The molecule has 1 fully saturated rings. The normalized spacial score (nSPS) is 16.1. The van der Waals surface area contributed by atoms with Gasteiger partial charge in [0.05, 0.1) is 0 Å². The predicted octanol–water partition coefficient (Wildman–Crippen LogP) is 2.48. The molecule has 0 saturated carbocycles. The van der Waals surface area contributed by atoms with Gasteiger partial charge >= 0.3 is 0 Å². The molecule has 1 saturated heterocycles. The van der Waals surface area contributed by atoms with Crippen molar-refractivity contribution in [2.45, 2.75) is 39.2 Å². The highest BCUT2D eigenvalue weighted by Crippen LogP contribution is 2.10. The molecular formula is C12H21N3O. The summed E-state index contributed by atoms with van der Waals surface area (Å²) in [5.74, 6) is 0.717. The molecular weight excluding hydrogens is 202 g/mol. The zero-order valence-electron chi connectivity index (χ0n) is 10.1. The van der Waals surface area contributed by atoms with Gasteiger partial charge in [-0.15, -0.1) is 0 Å². The number of nitrogens with one attached hydrogen (secondary N) is 1. The molecule has 0 spiro atoms. The van der Waals surface area contributed by atoms with Crippen LogP contribution in [-0.2, 0) is 4.74 Å². The summed E-state index contributed by atoms with van der Waals surface area (Å²) in [6.07, 6.45) is 6.82. The Hall–Kier alpha value is -1.16. The van der Waals surface area contributed by atoms with E-state index in [2.05, 4.69) is 29.1 Å². The quantitative estimate of drug-likeness (QED) is 0.836. The number of aromatic nitrogens is 2. The largest absolute Gasteiger partial charge is 0.381 e. The third-order valence-electron chi connectivity index (χ3n) is 2.12. The zero-order chi connectivity index (χ0) is 11.6. The van der Waals surface area contributed by atoms with Gasteiger partial charge in [0.15, 0.2) is 0 Å². The van der Waals surface area contributed by atoms with Crippen LogP contribution < -0.4 is 5.32 Å². The maximum atomic E-state index is 5.26. The highest BCUT2D eigenvalue weighted by atomic mass is 16.5. The summed E-state index contributed by atoms with van der Waals surface area (Å²) in [6, 6.07) is 2.28. The van der Waals surface area contributed by atoms with Gasteiger partial charge in [0.1, 0.15) is 0 Å². The molecule has 90 valence electrons. The molecule has 0 amide bonds. The lowest BCUT2D eigenvalue weighted by atomic mass is 10.1. The summed E-state index contributed by atoms with van der Waals surface area (Å²) in [4.78, 5) is 8.22. The van der Waals surface area contributed by atoms with Crippen molar-refractivity contribution in [2.75, 3.05) is 18.5 Å². The average Bonchev–Trinajstić information content (AvgIpc) is 2.33. The van der Waals surface area contributed by atoms with Gasteiger partial charge < -0.3 is 10.1 Å². The molecule has 1 aromatic heterocycles. The van der Waals surface area contributed by atoms with Gasteiger partial charge in [-0.05, 0) is 18.9 Å². The lowest BCUT2D eigenvalue weighted by molar-refractivity contribution is 0.0903. The van der Waals surface area contributed by atoms with E-state index < -0.39 is 0 Å². The van der Waals surface area contributed by atoms with Crippen LogP contribution in [0.4, 0.5) is 5.95 Å². The van der Waals surface area contributed by atoms with Crippen LogP contribution in [0.3, 0.4) is 0 Å². The second kappa shape index (κ2) is 8.05. The fourth-order valence-electron chi connectivity index (χ4n) is 1.40. The predicted molar refractivity (Wildman–Crippen MR) is 65.5 cm³/mol. The van der Waals surface area contributed by atoms with Crippen LogP contribution in [0.5, 0.6) is 0 Å². The van der Waals surface area contributed by atoms with Gasteiger partial charge in [0.2, 0.25) is 5.95 Å². The summed E-state index contributed by atoms with van der Waals surface area (Å²) >= 11 is 0. The van der Waals surface area contributed by atoms with Crippen LogP contribution in [0.2, 0.25) is 0 Å². The molecule has 0 radical (unpaired) electrons. The Labute approximate surface area is 97.5 Å². The van der Waals surface area contributed by atoms with Crippen molar-refractivity contribution >= 4 is 5.95 Å². The fraction of sp³-hybridized carbons (Fsp3) is 0.667. The van der Waals surface area contributed by atoms with E-state index in [0.29, 0.717) is 6.04 Å². The van der Waals surface area contributed by atoms with Crippen LogP contribution in [0.1, 0.15) is 33.1 Å². The van der Waals surface area contributed by atoms with Gasteiger partial charge in [0.25, 0.3) is 0 Å². The molecule has 2 rings (SSSR count). The highest BCUT2D eigenvalue weighted by Gasteiger charge is 2.13. The first-order valence-corrected chi connectivity index (χ1v) is 5.98. The Morgan fingerprint density at radius 2 is 1.81 bits per heavy atom. The number of ether oxygens (including phenoxy) is 1. The van der Waals surface area contributed by atoms with Crippen molar-refractivity contribution in [1.82, 2.24) is 9.97 Å². The summed E-state index contributed by atoms with van der Waals surface area (Å²) in [5, 5.41) is 3.28. The van der Waals surface area contributed by atoms with Gasteiger partial charge in [-0.3, -0.25) is 0 Å². The number of rotatable bonds is 2. The molecule has 0 unspecified atom stereocenters. The maximum Gasteiger partial charge on any atom is 0.222 e. The first kappa shape index (κ1) is 12.9. The Morgan fingerprint density at radius 1 is 1.25 bits per heavy atom. The molecule has 4 nitrogen and oxygen atoms in total. The molecule has 16 heavy (non-hydrogen) atoms. The van der Waals surface area contributed by atoms with E-state index in [4.69, 9.17) is 4.74 Å². The molecule has 0 bridgehead atoms. The zero-order valence-corrected chi connectivity index (χ0v) is 10.1. The molecule has 1 aliphatic rings. The van der Waals surface area contributed by atoms with Crippen molar-refractivity contribution < 1.29 is 4.74 Å². The van der Waals surface area contributed by atoms with Crippen LogP contribution >= 0.6 is 0 Å². The van der Waals surface area contributed by atoms with E-state index in [1.54, 1.807) is 12.4 Å². The minimum Gasteiger partial charge on any atom is -0.381 e. The first-order valence-electron chi connectivity index (χ1n) is 5.98. The smallest absolute Gasteiger partial charge is 0.222 e. The van der Waals surface area contributed by atoms with E-state index >= 15 is 0 Å². The number of hydrogen-bond donors (Lipinski definition) is 1. The molecule has 2 heterocycles. The molecule has 1 aliphatic heterocycles. The molecule has 0 atom stereocenters. The van der Waals surface area contributed by atoms with Gasteiger partial charge in [-0.2, -0.15) is 0 Å². The Balaban J connectivity index is 0.000000386. The monoisotopic (exact) mass is 223 g/mol. The van der Waals surface area contributed by atoms with Crippen molar-refractivity contribution in [2.24, 2.45) is 0 Å². The van der Waals surface area contributed by atoms with Gasteiger partial charge in [0, 0.05) is 31.6 Å². The second-order valence-electron chi connectivity index (χ2n) is 3.81. The molecule has 0 aromatic carbocycles. The minimum atomic E-state index is 0.469. The number of nitrogens with zero attached hydrogens (tertiary/aromatic N) is 2. The SMILES string of the molecule is CCC.c1cnc(NC2CCOCC2)nc1. The minimum absolute atomic E-state index is 0.469. The summed E-state index contributed by atoms with van der Waals surface area (Å²) in [7, 11) is 0. The Morgan fingerprint density at radius 3 is 2.38 bits per heavy atom. The van der Waals surface area contributed by atoms with Crippen molar-refractivity contribution in [1.29, 1.82) is 0 Å². The highest BCUT2D eigenvalue weighted by molar-refractivity contribution is 5.24. The summed E-state index contributed by atoms with van der Waals surface area (Å²) in [5.41, 5.74) is 0. The second-order valence-corrected chi connectivity index (χ2v) is 3.81.